The van der Waals surface area contributed by atoms with Gasteiger partial charge in [-0.1, -0.05) is 48.2 Å². The lowest BCUT2D eigenvalue weighted by atomic mass is 9.97. The Morgan fingerprint density at radius 2 is 2.00 bits per heavy atom. The van der Waals surface area contributed by atoms with Crippen LogP contribution in [0.4, 0.5) is 0 Å². The zero-order chi connectivity index (χ0) is 24.1. The molecule has 178 valence electrons. The number of nitrogens with zero attached hydrogens (tertiary/aromatic N) is 3. The van der Waals surface area contributed by atoms with E-state index in [-0.39, 0.29) is 30.2 Å². The molecule has 0 unspecified atom stereocenters. The Morgan fingerprint density at radius 3 is 2.74 bits per heavy atom. The molecule has 1 aromatic carbocycles. The summed E-state index contributed by atoms with van der Waals surface area (Å²) in [6.45, 7) is 4.75. The largest absolute Gasteiger partial charge is 0.370 e. The van der Waals surface area contributed by atoms with E-state index in [4.69, 9.17) is 10.7 Å². The molecule has 0 aliphatic heterocycles. The summed E-state index contributed by atoms with van der Waals surface area (Å²) in [5.41, 5.74) is 7.38. The van der Waals surface area contributed by atoms with Gasteiger partial charge in [0, 0.05) is 30.9 Å². The van der Waals surface area contributed by atoms with Crippen molar-refractivity contribution in [1.82, 2.24) is 14.5 Å². The number of allylic oxidation sites excluding steroid dienone is 1. The molecule has 2 N–H and O–H groups in total. The molecule has 2 heterocycles. The first kappa shape index (κ1) is 24.2. The summed E-state index contributed by atoms with van der Waals surface area (Å²) in [6, 6.07) is 9.61. The van der Waals surface area contributed by atoms with Crippen LogP contribution in [0.2, 0.25) is 0 Å². The average Bonchev–Trinajstić information content (AvgIpc) is 3.21. The van der Waals surface area contributed by atoms with Gasteiger partial charge in [0.1, 0.15) is 4.83 Å². The van der Waals surface area contributed by atoms with Crippen molar-refractivity contribution in [2.75, 3.05) is 12.3 Å². The van der Waals surface area contributed by atoms with E-state index in [0.717, 1.165) is 47.0 Å². The van der Waals surface area contributed by atoms with E-state index in [9.17, 15) is 14.4 Å². The second-order valence-electron chi connectivity index (χ2n) is 8.30. The number of hydrogen-bond acceptors (Lipinski definition) is 6. The molecular weight excluding hydrogens is 468 g/mol. The summed E-state index contributed by atoms with van der Waals surface area (Å²) in [6.07, 6.45) is 5.91. The molecule has 3 aromatic rings. The maximum atomic E-state index is 13.4. The molecule has 4 rings (SSSR count). The van der Waals surface area contributed by atoms with E-state index in [2.05, 4.69) is 6.58 Å². The number of amides is 2. The van der Waals surface area contributed by atoms with E-state index in [1.54, 1.807) is 26.9 Å². The van der Waals surface area contributed by atoms with Crippen LogP contribution in [0.3, 0.4) is 0 Å². The topological polar surface area (TPSA) is 98.3 Å². The van der Waals surface area contributed by atoms with E-state index in [0.29, 0.717) is 18.2 Å². The van der Waals surface area contributed by atoms with Crippen molar-refractivity contribution in [2.45, 2.75) is 50.4 Å². The van der Waals surface area contributed by atoms with Gasteiger partial charge < -0.3 is 10.6 Å². The second kappa shape index (κ2) is 11.0. The van der Waals surface area contributed by atoms with Gasteiger partial charge in [-0.3, -0.25) is 19.0 Å². The van der Waals surface area contributed by atoms with Gasteiger partial charge in [0.15, 0.2) is 5.16 Å². The molecule has 9 heteroatoms. The highest BCUT2D eigenvalue weighted by atomic mass is 32.2. The lowest BCUT2D eigenvalue weighted by Crippen LogP contribution is -2.35. The van der Waals surface area contributed by atoms with Crippen molar-refractivity contribution in [3.8, 4) is 0 Å². The number of nitrogens with two attached hydrogens (primary N) is 1. The van der Waals surface area contributed by atoms with E-state index < -0.39 is 5.91 Å². The number of aryl methyl sites for hydroxylation is 2. The van der Waals surface area contributed by atoms with E-state index in [1.165, 1.54) is 16.6 Å². The zero-order valence-electron chi connectivity index (χ0n) is 19.0. The molecule has 34 heavy (non-hydrogen) atoms. The van der Waals surface area contributed by atoms with E-state index >= 15 is 0 Å². The Bertz CT molecular complexity index is 1270. The number of thioether (sulfide) groups is 1. The molecule has 0 radical (unpaired) electrons. The molecule has 0 saturated heterocycles. The minimum absolute atomic E-state index is 0.0610. The fraction of sp³-hybridized carbons (Fsp3) is 0.360. The van der Waals surface area contributed by atoms with Gasteiger partial charge >= 0.3 is 0 Å². The molecule has 2 aromatic heterocycles. The third-order valence-corrected chi connectivity index (χ3v) is 8.02. The zero-order valence-corrected chi connectivity index (χ0v) is 20.6. The van der Waals surface area contributed by atoms with Gasteiger partial charge in [-0.25, -0.2) is 4.98 Å². The predicted octanol–water partition coefficient (Wildman–Crippen LogP) is 3.52. The average molecular weight is 497 g/mol. The first-order chi connectivity index (χ1) is 16.5. The Balaban J connectivity index is 1.58. The first-order valence-electron chi connectivity index (χ1n) is 11.4. The van der Waals surface area contributed by atoms with Crippen LogP contribution in [0.15, 0.2) is 52.9 Å². The fourth-order valence-corrected chi connectivity index (χ4v) is 6.39. The predicted molar refractivity (Wildman–Crippen MR) is 137 cm³/mol. The number of rotatable bonds is 10. The van der Waals surface area contributed by atoms with E-state index in [1.807, 2.05) is 30.3 Å². The van der Waals surface area contributed by atoms with Crippen LogP contribution in [0, 0.1) is 0 Å². The highest BCUT2D eigenvalue weighted by molar-refractivity contribution is 7.99. The minimum atomic E-state index is -0.452. The van der Waals surface area contributed by atoms with Crippen LogP contribution in [0.1, 0.15) is 35.3 Å². The Kier molecular flexibility index (Phi) is 7.84. The molecule has 2 amide bonds. The van der Waals surface area contributed by atoms with Gasteiger partial charge in [0.05, 0.1) is 11.1 Å². The molecule has 1 aliphatic rings. The number of carbonyl (C=O) groups is 2. The van der Waals surface area contributed by atoms with Crippen LogP contribution in [-0.4, -0.2) is 38.6 Å². The van der Waals surface area contributed by atoms with Crippen molar-refractivity contribution in [2.24, 2.45) is 5.73 Å². The number of benzene rings is 1. The van der Waals surface area contributed by atoms with Crippen LogP contribution in [0.5, 0.6) is 0 Å². The highest BCUT2D eigenvalue weighted by Gasteiger charge is 2.23. The maximum Gasteiger partial charge on any atom is 0.263 e. The van der Waals surface area contributed by atoms with Crippen LogP contribution in [-0.2, 0) is 35.5 Å². The molecule has 7 nitrogen and oxygen atoms in total. The maximum absolute atomic E-state index is 13.4. The highest BCUT2D eigenvalue weighted by Crippen LogP contribution is 2.34. The molecule has 0 atom stereocenters. The summed E-state index contributed by atoms with van der Waals surface area (Å²) in [4.78, 5) is 46.3. The normalized spacial score (nSPS) is 12.9. The van der Waals surface area contributed by atoms with Gasteiger partial charge in [-0.2, -0.15) is 0 Å². The van der Waals surface area contributed by atoms with Crippen molar-refractivity contribution in [1.29, 1.82) is 0 Å². The smallest absolute Gasteiger partial charge is 0.263 e. The molecule has 0 bridgehead atoms. The van der Waals surface area contributed by atoms with Gasteiger partial charge in [0.25, 0.3) is 5.56 Å². The number of hydrogen-bond donors (Lipinski definition) is 1. The molecule has 1 aliphatic carbocycles. The van der Waals surface area contributed by atoms with Crippen molar-refractivity contribution in [3.05, 3.63) is 69.3 Å². The van der Waals surface area contributed by atoms with Crippen LogP contribution in [0.25, 0.3) is 10.2 Å². The Hall–Kier alpha value is -2.91. The van der Waals surface area contributed by atoms with Crippen LogP contribution < -0.4 is 11.3 Å². The van der Waals surface area contributed by atoms with Gasteiger partial charge in [0.2, 0.25) is 11.8 Å². The third kappa shape index (κ3) is 5.42. The lowest BCUT2D eigenvalue weighted by Gasteiger charge is -2.22. The monoisotopic (exact) mass is 496 g/mol. The lowest BCUT2D eigenvalue weighted by molar-refractivity contribution is -0.129. The van der Waals surface area contributed by atoms with Crippen molar-refractivity contribution < 1.29 is 9.59 Å². The van der Waals surface area contributed by atoms with Crippen molar-refractivity contribution in [3.63, 3.8) is 0 Å². The first-order valence-corrected chi connectivity index (χ1v) is 13.2. The second-order valence-corrected chi connectivity index (χ2v) is 10.3. The molecular formula is C25H28N4O3S2. The van der Waals surface area contributed by atoms with Crippen LogP contribution >= 0.6 is 23.1 Å². The summed E-state index contributed by atoms with van der Waals surface area (Å²) >= 11 is 2.84. The Morgan fingerprint density at radius 1 is 1.24 bits per heavy atom. The summed E-state index contributed by atoms with van der Waals surface area (Å²) in [5, 5.41) is 1.24. The summed E-state index contributed by atoms with van der Waals surface area (Å²) in [7, 11) is 0. The SMILES string of the molecule is C=CCn1c(SCC(=O)N(CCC(N)=O)Cc2ccccc2)nc2sc3c(c2c1=O)CCCC3. The summed E-state index contributed by atoms with van der Waals surface area (Å²) in [5.74, 6) is -0.488. The van der Waals surface area contributed by atoms with Gasteiger partial charge in [-0.05, 0) is 36.8 Å². The molecule has 0 fully saturated rings. The fourth-order valence-electron chi connectivity index (χ4n) is 4.18. The number of fused-ring (bicyclic) bond motifs is 3. The third-order valence-electron chi connectivity index (χ3n) is 5.87. The molecule has 0 saturated carbocycles. The summed E-state index contributed by atoms with van der Waals surface area (Å²) < 4.78 is 1.61. The standard InChI is InChI=1S/C25H28N4O3S2/c1-2-13-29-24(32)22-18-10-6-7-11-19(18)34-23(22)27-25(29)33-16-21(31)28(14-12-20(26)30)15-17-8-4-3-5-9-17/h2-5,8-9H,1,6-7,10-16H2,(H2,26,30). The number of aromatic nitrogens is 2. The number of carbonyl (C=O) groups excluding carboxylic acids is 2. The Labute approximate surface area is 206 Å². The minimum Gasteiger partial charge on any atom is -0.370 e. The van der Waals surface area contributed by atoms with Crippen molar-refractivity contribution >= 4 is 45.1 Å². The molecule has 0 spiro atoms. The quantitative estimate of drug-likeness (QED) is 0.263. The number of primary amides is 1. The number of thiophene rings is 1. The van der Waals surface area contributed by atoms with Gasteiger partial charge in [-0.15, -0.1) is 17.9 Å².